The number of benzene rings is 2. The van der Waals surface area contributed by atoms with Crippen molar-refractivity contribution in [3.05, 3.63) is 65.4 Å². The third kappa shape index (κ3) is 2.87. The van der Waals surface area contributed by atoms with E-state index < -0.39 is 0 Å². The molecule has 1 aliphatic carbocycles. The molecule has 1 N–H and O–H groups in total. The van der Waals surface area contributed by atoms with Gasteiger partial charge in [-0.2, -0.15) is 5.10 Å². The van der Waals surface area contributed by atoms with Crippen molar-refractivity contribution in [3.63, 3.8) is 0 Å². The van der Waals surface area contributed by atoms with Gasteiger partial charge < -0.3 is 4.90 Å². The molecule has 0 radical (unpaired) electrons. The van der Waals surface area contributed by atoms with Crippen LogP contribution in [0.1, 0.15) is 34.5 Å². The van der Waals surface area contributed by atoms with Crippen LogP contribution >= 0.6 is 0 Å². The Balaban J connectivity index is 1.25. The molecule has 1 aromatic heterocycles. The molecule has 2 aromatic carbocycles. The fourth-order valence-electron chi connectivity index (χ4n) is 5.72. The Hall–Kier alpha value is -2.66. The molecule has 3 saturated heterocycles. The Morgan fingerprint density at radius 2 is 1.66 bits per heavy atom. The van der Waals surface area contributed by atoms with Gasteiger partial charge in [0.25, 0.3) is 5.91 Å². The number of piperidine rings is 1. The van der Waals surface area contributed by atoms with Gasteiger partial charge in [0.15, 0.2) is 5.69 Å². The predicted molar refractivity (Wildman–Crippen MR) is 113 cm³/mol. The number of carbonyl (C=O) groups is 1. The van der Waals surface area contributed by atoms with Crippen molar-refractivity contribution in [2.45, 2.75) is 37.8 Å². The van der Waals surface area contributed by atoms with Gasteiger partial charge in [0.1, 0.15) is 0 Å². The average Bonchev–Trinajstić information content (AvgIpc) is 3.27. The molecule has 29 heavy (non-hydrogen) atoms. The minimum Gasteiger partial charge on any atom is -0.333 e. The van der Waals surface area contributed by atoms with Crippen LogP contribution in [-0.2, 0) is 12.8 Å². The lowest BCUT2D eigenvalue weighted by Gasteiger charge is -2.36. The molecule has 4 heterocycles. The zero-order chi connectivity index (χ0) is 19.4. The number of H-pyrrole nitrogens is 1. The standard InChI is InChI=1S/C24H26N4O/c29-24(23-21-7-3-4-8-22(21)25-26-23)28-14-16-9-10-19(28)15-27(13-16)20-11-17-5-1-2-6-18(17)12-20/h1-8,16,19-20H,9-15H2,(H,25,26)/t16-,19+/m0/s1. The number of aromatic nitrogens is 2. The number of hydrogen-bond acceptors (Lipinski definition) is 3. The smallest absolute Gasteiger partial charge is 0.275 e. The first-order valence-electron chi connectivity index (χ1n) is 10.8. The molecule has 148 valence electrons. The zero-order valence-electron chi connectivity index (χ0n) is 16.6. The summed E-state index contributed by atoms with van der Waals surface area (Å²) in [5, 5.41) is 8.33. The monoisotopic (exact) mass is 386 g/mol. The number of nitrogens with one attached hydrogen (secondary N) is 1. The molecule has 2 atom stereocenters. The lowest BCUT2D eigenvalue weighted by atomic mass is 9.94. The first-order chi connectivity index (χ1) is 14.3. The van der Waals surface area contributed by atoms with E-state index in [4.69, 9.17) is 0 Å². The van der Waals surface area contributed by atoms with Crippen molar-refractivity contribution in [1.29, 1.82) is 0 Å². The summed E-state index contributed by atoms with van der Waals surface area (Å²) in [6, 6.07) is 17.7. The summed E-state index contributed by atoms with van der Waals surface area (Å²) in [5.41, 5.74) is 4.52. The molecular formula is C24H26N4O. The molecule has 0 spiro atoms. The Morgan fingerprint density at radius 1 is 0.897 bits per heavy atom. The SMILES string of the molecule is O=C(c1n[nH]c2ccccc12)N1C[C@H]2CC[C@@H]1CN(C1Cc3ccccc3C1)C2. The second kappa shape index (κ2) is 6.70. The quantitative estimate of drug-likeness (QED) is 0.735. The number of nitrogens with zero attached hydrogens (tertiary/aromatic N) is 3. The number of para-hydroxylation sites is 1. The largest absolute Gasteiger partial charge is 0.333 e. The first kappa shape index (κ1) is 17.2. The summed E-state index contributed by atoms with van der Waals surface area (Å²) in [6.07, 6.45) is 4.63. The summed E-state index contributed by atoms with van der Waals surface area (Å²) in [5.74, 6) is 0.653. The van der Waals surface area contributed by atoms with Gasteiger partial charge in [-0.05, 0) is 48.8 Å². The average molecular weight is 386 g/mol. The van der Waals surface area contributed by atoms with Crippen molar-refractivity contribution >= 4 is 16.8 Å². The molecule has 3 fully saturated rings. The second-order valence-corrected chi connectivity index (χ2v) is 8.96. The predicted octanol–water partition coefficient (Wildman–Crippen LogP) is 3.27. The lowest BCUT2D eigenvalue weighted by molar-refractivity contribution is 0.0577. The number of aromatic amines is 1. The van der Waals surface area contributed by atoms with Crippen molar-refractivity contribution in [3.8, 4) is 0 Å². The zero-order valence-corrected chi connectivity index (χ0v) is 16.6. The van der Waals surface area contributed by atoms with Crippen LogP contribution in [0.4, 0.5) is 0 Å². The number of fused-ring (bicyclic) bond motifs is 6. The lowest BCUT2D eigenvalue weighted by Crippen LogP contribution is -2.48. The topological polar surface area (TPSA) is 52.2 Å². The van der Waals surface area contributed by atoms with Crippen molar-refractivity contribution in [1.82, 2.24) is 20.0 Å². The van der Waals surface area contributed by atoms with E-state index in [1.807, 2.05) is 24.3 Å². The molecule has 3 aliphatic heterocycles. The van der Waals surface area contributed by atoms with E-state index in [0.717, 1.165) is 49.8 Å². The van der Waals surface area contributed by atoms with E-state index >= 15 is 0 Å². The minimum absolute atomic E-state index is 0.0914. The first-order valence-corrected chi connectivity index (χ1v) is 10.8. The van der Waals surface area contributed by atoms with Crippen LogP contribution in [0.5, 0.6) is 0 Å². The maximum atomic E-state index is 13.4. The van der Waals surface area contributed by atoms with Crippen molar-refractivity contribution < 1.29 is 4.79 Å². The minimum atomic E-state index is 0.0914. The Labute approximate surface area is 170 Å². The van der Waals surface area contributed by atoms with Gasteiger partial charge in [-0.1, -0.05) is 42.5 Å². The van der Waals surface area contributed by atoms with Crippen LogP contribution in [0.15, 0.2) is 48.5 Å². The number of hydrogen-bond donors (Lipinski definition) is 1. The van der Waals surface area contributed by atoms with Crippen molar-refractivity contribution in [2.75, 3.05) is 19.6 Å². The molecule has 7 rings (SSSR count). The highest BCUT2D eigenvalue weighted by molar-refractivity contribution is 6.04. The maximum absolute atomic E-state index is 13.4. The second-order valence-electron chi connectivity index (χ2n) is 8.96. The van der Waals surface area contributed by atoms with Crippen LogP contribution in [0, 0.1) is 5.92 Å². The van der Waals surface area contributed by atoms with Gasteiger partial charge >= 0.3 is 0 Å². The van der Waals surface area contributed by atoms with E-state index in [1.54, 1.807) is 0 Å². The van der Waals surface area contributed by atoms with E-state index in [0.29, 0.717) is 23.7 Å². The summed E-state index contributed by atoms with van der Waals surface area (Å²) in [4.78, 5) is 18.3. The van der Waals surface area contributed by atoms with E-state index in [9.17, 15) is 4.79 Å². The third-order valence-corrected chi connectivity index (χ3v) is 7.22. The van der Waals surface area contributed by atoms with E-state index in [2.05, 4.69) is 44.3 Å². The fraction of sp³-hybridized carbons (Fsp3) is 0.417. The third-order valence-electron chi connectivity index (χ3n) is 7.22. The van der Waals surface area contributed by atoms with E-state index in [-0.39, 0.29) is 5.91 Å². The van der Waals surface area contributed by atoms with Crippen LogP contribution < -0.4 is 0 Å². The van der Waals surface area contributed by atoms with Crippen LogP contribution in [0.25, 0.3) is 10.9 Å². The molecule has 1 amide bonds. The summed E-state index contributed by atoms with van der Waals surface area (Å²) >= 11 is 0. The van der Waals surface area contributed by atoms with E-state index in [1.165, 1.54) is 17.5 Å². The molecule has 0 saturated carbocycles. The van der Waals surface area contributed by atoms with Crippen LogP contribution in [0.2, 0.25) is 0 Å². The molecule has 5 heteroatoms. The number of rotatable bonds is 2. The van der Waals surface area contributed by atoms with Gasteiger partial charge in [-0.15, -0.1) is 0 Å². The molecule has 4 aliphatic rings. The van der Waals surface area contributed by atoms with Gasteiger partial charge in [-0.25, -0.2) is 0 Å². The summed E-state index contributed by atoms with van der Waals surface area (Å²) in [6.45, 7) is 2.96. The number of amides is 1. The van der Waals surface area contributed by atoms with Crippen LogP contribution in [0.3, 0.4) is 0 Å². The Bertz CT molecular complexity index is 1050. The molecule has 2 bridgehead atoms. The highest BCUT2D eigenvalue weighted by Crippen LogP contribution is 2.34. The molecule has 0 unspecified atom stereocenters. The van der Waals surface area contributed by atoms with Gasteiger partial charge in [-0.3, -0.25) is 14.8 Å². The Morgan fingerprint density at radius 3 is 2.48 bits per heavy atom. The van der Waals surface area contributed by atoms with Crippen LogP contribution in [-0.4, -0.2) is 57.6 Å². The van der Waals surface area contributed by atoms with Gasteiger partial charge in [0.05, 0.1) is 5.52 Å². The highest BCUT2D eigenvalue weighted by Gasteiger charge is 2.41. The summed E-state index contributed by atoms with van der Waals surface area (Å²) < 4.78 is 0. The number of carbonyl (C=O) groups excluding carboxylic acids is 1. The highest BCUT2D eigenvalue weighted by atomic mass is 16.2. The molecular weight excluding hydrogens is 360 g/mol. The van der Waals surface area contributed by atoms with Gasteiger partial charge in [0.2, 0.25) is 0 Å². The van der Waals surface area contributed by atoms with Crippen molar-refractivity contribution in [2.24, 2.45) is 5.92 Å². The normalized spacial score (nSPS) is 24.8. The summed E-state index contributed by atoms with van der Waals surface area (Å²) in [7, 11) is 0. The molecule has 5 nitrogen and oxygen atoms in total. The maximum Gasteiger partial charge on any atom is 0.275 e. The van der Waals surface area contributed by atoms with Gasteiger partial charge in [0, 0.05) is 37.1 Å². The fourth-order valence-corrected chi connectivity index (χ4v) is 5.72. The molecule has 3 aromatic rings. The Kier molecular flexibility index (Phi) is 3.98.